The summed E-state index contributed by atoms with van der Waals surface area (Å²) in [4.78, 5) is 34.8. The molecule has 0 bridgehead atoms. The number of aliphatic carboxylic acids is 1. The topological polar surface area (TPSA) is 104 Å². The van der Waals surface area contributed by atoms with Crippen LogP contribution in [0.2, 0.25) is 0 Å². The Bertz CT molecular complexity index is 855. The molecule has 0 fully saturated rings. The third-order valence-corrected chi connectivity index (χ3v) is 3.81. The number of allylic oxidation sites excluding steroid dienone is 4. The van der Waals surface area contributed by atoms with Crippen molar-refractivity contribution in [1.29, 1.82) is 0 Å². The largest absolute Gasteiger partial charge is 0.481 e. The molecular weight excluding hydrogens is 322 g/mol. The summed E-state index contributed by atoms with van der Waals surface area (Å²) in [5.74, 6) is -1.38. The summed E-state index contributed by atoms with van der Waals surface area (Å²) in [6, 6.07) is 0. The second-order valence-electron chi connectivity index (χ2n) is 5.45. The minimum absolute atomic E-state index is 0.0178. The fraction of sp³-hybridized carbons (Fsp3) is 0.222. The van der Waals surface area contributed by atoms with Crippen LogP contribution in [-0.4, -0.2) is 40.6 Å². The normalized spacial score (nSPS) is 18.0. The number of esters is 1. The fourth-order valence-corrected chi connectivity index (χ4v) is 2.78. The second kappa shape index (κ2) is 7.12. The first-order chi connectivity index (χ1) is 12.1. The standard InChI is InChI=1S/C18H17N3O4/c1-2-25-16(24)9-13-11(8-15(22)23)10-21-18(13)17-12(5-7-20-17)14-4-3-6-19-14/h3-7,10,21H,2,8-9H2,1H3,(H,22,23). The number of carboxylic acids is 1. The Hall–Kier alpha value is -3.22. The highest BCUT2D eigenvalue weighted by Crippen LogP contribution is 2.26. The van der Waals surface area contributed by atoms with Gasteiger partial charge in [0.1, 0.15) is 0 Å². The molecule has 7 nitrogen and oxygen atoms in total. The number of rotatable bonds is 6. The van der Waals surface area contributed by atoms with Crippen molar-refractivity contribution in [2.24, 2.45) is 9.98 Å². The summed E-state index contributed by atoms with van der Waals surface area (Å²) < 4.78 is 5.02. The van der Waals surface area contributed by atoms with E-state index in [0.717, 1.165) is 11.3 Å². The van der Waals surface area contributed by atoms with Crippen LogP contribution in [0.3, 0.4) is 0 Å². The molecule has 3 heterocycles. The molecule has 2 aliphatic heterocycles. The van der Waals surface area contributed by atoms with Gasteiger partial charge in [-0.15, -0.1) is 0 Å². The quantitative estimate of drug-likeness (QED) is 0.773. The molecule has 1 aromatic heterocycles. The van der Waals surface area contributed by atoms with Gasteiger partial charge >= 0.3 is 11.9 Å². The predicted octanol–water partition coefficient (Wildman–Crippen LogP) is 1.96. The van der Waals surface area contributed by atoms with Crippen LogP contribution in [0.1, 0.15) is 23.7 Å². The molecule has 2 aliphatic rings. The number of H-pyrrole nitrogens is 1. The van der Waals surface area contributed by atoms with E-state index < -0.39 is 11.9 Å². The summed E-state index contributed by atoms with van der Waals surface area (Å²) >= 11 is 0. The predicted molar refractivity (Wildman–Crippen MR) is 92.8 cm³/mol. The molecule has 25 heavy (non-hydrogen) atoms. The first-order valence-electron chi connectivity index (χ1n) is 7.86. The van der Waals surface area contributed by atoms with Crippen LogP contribution in [0.4, 0.5) is 0 Å². The Balaban J connectivity index is 2.01. The lowest BCUT2D eigenvalue weighted by atomic mass is 9.98. The van der Waals surface area contributed by atoms with Gasteiger partial charge in [-0.2, -0.15) is 0 Å². The molecule has 0 radical (unpaired) electrons. The lowest BCUT2D eigenvalue weighted by molar-refractivity contribution is -0.142. The fourth-order valence-electron chi connectivity index (χ4n) is 2.78. The molecule has 128 valence electrons. The minimum atomic E-state index is -0.968. The van der Waals surface area contributed by atoms with Gasteiger partial charge in [0.25, 0.3) is 0 Å². The molecule has 1 aromatic rings. The lowest BCUT2D eigenvalue weighted by Gasteiger charge is -2.09. The van der Waals surface area contributed by atoms with Gasteiger partial charge in [0, 0.05) is 24.2 Å². The number of aliphatic imine (C=N–C) groups is 2. The Morgan fingerprint density at radius 1 is 1.28 bits per heavy atom. The summed E-state index contributed by atoms with van der Waals surface area (Å²) in [6.45, 7) is 2.00. The van der Waals surface area contributed by atoms with E-state index in [2.05, 4.69) is 15.0 Å². The van der Waals surface area contributed by atoms with Crippen molar-refractivity contribution >= 4 is 23.9 Å². The van der Waals surface area contributed by atoms with Crippen LogP contribution >= 0.6 is 0 Å². The van der Waals surface area contributed by atoms with Crippen LogP contribution in [0.5, 0.6) is 0 Å². The molecule has 3 rings (SSSR count). The van der Waals surface area contributed by atoms with E-state index >= 15 is 0 Å². The smallest absolute Gasteiger partial charge is 0.310 e. The molecule has 0 aromatic carbocycles. The summed E-state index contributed by atoms with van der Waals surface area (Å²) in [7, 11) is 0. The van der Waals surface area contributed by atoms with E-state index in [1.807, 2.05) is 18.2 Å². The Morgan fingerprint density at radius 2 is 2.12 bits per heavy atom. The summed E-state index contributed by atoms with van der Waals surface area (Å²) in [6.07, 6.45) is 10.3. The zero-order valence-electron chi connectivity index (χ0n) is 13.7. The number of carbonyl (C=O) groups excluding carboxylic acids is 1. The number of carbonyl (C=O) groups is 2. The van der Waals surface area contributed by atoms with E-state index in [1.54, 1.807) is 25.5 Å². The molecular formula is C18H17N3O4. The number of aromatic nitrogens is 1. The summed E-state index contributed by atoms with van der Waals surface area (Å²) in [5.41, 5.74) is 3.97. The average molecular weight is 339 g/mol. The van der Waals surface area contributed by atoms with Crippen molar-refractivity contribution in [3.63, 3.8) is 0 Å². The molecule has 0 aliphatic carbocycles. The third-order valence-electron chi connectivity index (χ3n) is 3.81. The van der Waals surface area contributed by atoms with Gasteiger partial charge in [-0.05, 0) is 36.3 Å². The van der Waals surface area contributed by atoms with Gasteiger partial charge in [0.15, 0.2) is 0 Å². The molecule has 0 saturated carbocycles. The number of aromatic amines is 1. The Kier molecular flexibility index (Phi) is 4.74. The van der Waals surface area contributed by atoms with Crippen LogP contribution in [0.25, 0.3) is 0 Å². The van der Waals surface area contributed by atoms with Gasteiger partial charge in [-0.1, -0.05) is 0 Å². The lowest BCUT2D eigenvalue weighted by Crippen LogP contribution is -2.14. The molecule has 0 unspecified atom stereocenters. The monoisotopic (exact) mass is 339 g/mol. The first kappa shape index (κ1) is 16.6. The van der Waals surface area contributed by atoms with Crippen molar-refractivity contribution in [3.05, 3.63) is 58.7 Å². The maximum atomic E-state index is 12.0. The highest BCUT2D eigenvalue weighted by Gasteiger charge is 2.24. The maximum Gasteiger partial charge on any atom is 0.310 e. The van der Waals surface area contributed by atoms with E-state index in [1.165, 1.54) is 0 Å². The third kappa shape index (κ3) is 3.50. The number of nitrogens with one attached hydrogen (secondary N) is 1. The Morgan fingerprint density at radius 3 is 2.80 bits per heavy atom. The number of hydrogen-bond donors (Lipinski definition) is 2. The van der Waals surface area contributed by atoms with Gasteiger partial charge in [-0.3, -0.25) is 19.6 Å². The van der Waals surface area contributed by atoms with Crippen LogP contribution in [-0.2, 0) is 27.2 Å². The SMILES string of the molecule is CCOC(=O)Cc1c(CC(=O)O)c[nH]c1C1=NC=CC1=C1C=CC=N1. The van der Waals surface area contributed by atoms with Crippen molar-refractivity contribution in [3.8, 4) is 0 Å². The second-order valence-corrected chi connectivity index (χ2v) is 5.45. The zero-order valence-corrected chi connectivity index (χ0v) is 13.7. The number of hydrogen-bond acceptors (Lipinski definition) is 5. The van der Waals surface area contributed by atoms with Crippen molar-refractivity contribution in [2.45, 2.75) is 19.8 Å². The average Bonchev–Trinajstić information content (AvgIpc) is 3.27. The molecule has 0 atom stereocenters. The molecule has 0 spiro atoms. The molecule has 0 amide bonds. The van der Waals surface area contributed by atoms with E-state index in [9.17, 15) is 9.59 Å². The van der Waals surface area contributed by atoms with E-state index in [4.69, 9.17) is 9.84 Å². The number of ether oxygens (including phenoxy) is 1. The van der Waals surface area contributed by atoms with E-state index in [-0.39, 0.29) is 19.4 Å². The number of nitrogens with zero attached hydrogens (tertiary/aromatic N) is 2. The minimum Gasteiger partial charge on any atom is -0.481 e. The molecule has 2 N–H and O–H groups in total. The van der Waals surface area contributed by atoms with Crippen LogP contribution in [0.15, 0.2) is 51.9 Å². The van der Waals surface area contributed by atoms with E-state index in [0.29, 0.717) is 22.5 Å². The highest BCUT2D eigenvalue weighted by molar-refractivity contribution is 6.17. The first-order valence-corrected chi connectivity index (χ1v) is 7.86. The zero-order chi connectivity index (χ0) is 17.8. The van der Waals surface area contributed by atoms with Crippen molar-refractivity contribution < 1.29 is 19.4 Å². The van der Waals surface area contributed by atoms with Gasteiger partial charge in [-0.25, -0.2) is 0 Å². The van der Waals surface area contributed by atoms with Gasteiger partial charge in [0.2, 0.25) is 0 Å². The van der Waals surface area contributed by atoms with Gasteiger partial charge < -0.3 is 14.8 Å². The van der Waals surface area contributed by atoms with Crippen LogP contribution in [0, 0.1) is 0 Å². The highest BCUT2D eigenvalue weighted by atomic mass is 16.5. The summed E-state index contributed by atoms with van der Waals surface area (Å²) in [5, 5.41) is 9.12. The van der Waals surface area contributed by atoms with Crippen LogP contribution < -0.4 is 0 Å². The molecule has 0 saturated heterocycles. The maximum absolute atomic E-state index is 12.0. The molecule has 7 heteroatoms. The Labute approximate surface area is 144 Å². The number of carboxylic acid groups (broad SMARTS) is 1. The van der Waals surface area contributed by atoms with Gasteiger partial charge in [0.05, 0.1) is 36.6 Å². The van der Waals surface area contributed by atoms with Crippen molar-refractivity contribution in [1.82, 2.24) is 4.98 Å². The van der Waals surface area contributed by atoms with Crippen molar-refractivity contribution in [2.75, 3.05) is 6.61 Å².